The Balaban J connectivity index is 1.44. The molecule has 1 unspecified atom stereocenters. The van der Waals surface area contributed by atoms with Crippen molar-refractivity contribution in [3.8, 4) is 0 Å². The van der Waals surface area contributed by atoms with E-state index in [2.05, 4.69) is 4.90 Å². The first-order valence-electron chi connectivity index (χ1n) is 10.6. The van der Waals surface area contributed by atoms with Gasteiger partial charge in [-0.2, -0.15) is 5.10 Å². The van der Waals surface area contributed by atoms with Gasteiger partial charge >= 0.3 is 0 Å². The number of nitrogens with zero attached hydrogens (tertiary/aromatic N) is 3. The van der Waals surface area contributed by atoms with Gasteiger partial charge in [0.15, 0.2) is 9.84 Å². The second-order valence-corrected chi connectivity index (χ2v) is 10.6. The highest BCUT2D eigenvalue weighted by atomic mass is 35.5. The van der Waals surface area contributed by atoms with Crippen molar-refractivity contribution in [1.82, 2.24) is 4.90 Å². The summed E-state index contributed by atoms with van der Waals surface area (Å²) in [6.07, 6.45) is 4.41. The zero-order valence-electron chi connectivity index (χ0n) is 17.3. The molecule has 30 heavy (non-hydrogen) atoms. The van der Waals surface area contributed by atoms with Crippen molar-refractivity contribution in [3.05, 3.63) is 59.1 Å². The van der Waals surface area contributed by atoms with E-state index in [1.165, 1.54) is 6.42 Å². The van der Waals surface area contributed by atoms with Crippen LogP contribution in [-0.4, -0.2) is 50.5 Å². The summed E-state index contributed by atoms with van der Waals surface area (Å²) in [6, 6.07) is 14.9. The van der Waals surface area contributed by atoms with E-state index in [1.54, 1.807) is 12.1 Å². The molecule has 2 heterocycles. The number of rotatable bonds is 6. The highest BCUT2D eigenvalue weighted by Crippen LogP contribution is 2.25. The van der Waals surface area contributed by atoms with Crippen molar-refractivity contribution in [3.63, 3.8) is 0 Å². The number of halogens is 1. The number of hydrazone groups is 1. The molecule has 0 bridgehead atoms. The number of sulfone groups is 1. The maximum absolute atomic E-state index is 12.9. The molecule has 0 saturated carbocycles. The van der Waals surface area contributed by atoms with Gasteiger partial charge in [-0.3, -0.25) is 9.91 Å². The lowest BCUT2D eigenvalue weighted by atomic mass is 10.1. The molecular weight excluding hydrogens is 418 g/mol. The van der Waals surface area contributed by atoms with Crippen LogP contribution in [0.4, 0.5) is 5.69 Å². The first-order valence-corrected chi connectivity index (χ1v) is 12.6. The lowest BCUT2D eigenvalue weighted by molar-refractivity contribution is 0.186. The van der Waals surface area contributed by atoms with Crippen LogP contribution < -0.4 is 5.01 Å². The molecule has 160 valence electrons. The van der Waals surface area contributed by atoms with Crippen LogP contribution in [0.3, 0.4) is 0 Å². The van der Waals surface area contributed by atoms with E-state index in [-0.39, 0.29) is 11.8 Å². The Bertz CT molecular complexity index is 998. The van der Waals surface area contributed by atoms with Crippen LogP contribution in [-0.2, 0) is 9.84 Å². The highest BCUT2D eigenvalue weighted by molar-refractivity contribution is 7.91. The standard InChI is InChI=1S/C23H28ClN3O2S/c1-18(26-14-3-2-4-15-26)17-30(28,29)22-11-9-21(10-12-22)27-16-13-23(25-27)19-5-7-20(24)8-6-19/h5-12,18H,2-4,13-17H2,1H3. The fourth-order valence-electron chi connectivity index (χ4n) is 4.19. The molecule has 2 aromatic rings. The van der Waals surface area contributed by atoms with Crippen molar-refractivity contribution in [2.45, 2.75) is 43.5 Å². The van der Waals surface area contributed by atoms with E-state index < -0.39 is 9.84 Å². The van der Waals surface area contributed by atoms with Gasteiger partial charge in [0.05, 0.1) is 22.0 Å². The molecule has 0 N–H and O–H groups in total. The molecule has 5 nitrogen and oxygen atoms in total. The third-order valence-corrected chi connectivity index (χ3v) is 8.11. The molecule has 2 aliphatic heterocycles. The van der Waals surface area contributed by atoms with Crippen molar-refractivity contribution >= 4 is 32.8 Å². The summed E-state index contributed by atoms with van der Waals surface area (Å²) in [5.74, 6) is 0.162. The van der Waals surface area contributed by atoms with Crippen molar-refractivity contribution in [1.29, 1.82) is 0 Å². The lowest BCUT2D eigenvalue weighted by Crippen LogP contribution is -2.41. The molecule has 0 aromatic heterocycles. The molecule has 2 aliphatic rings. The molecule has 2 aromatic carbocycles. The van der Waals surface area contributed by atoms with Gasteiger partial charge in [-0.25, -0.2) is 8.42 Å². The SMILES string of the molecule is CC(CS(=O)(=O)c1ccc(N2CCC(c3ccc(Cl)cc3)=N2)cc1)N1CCCCC1. The topological polar surface area (TPSA) is 53.0 Å². The summed E-state index contributed by atoms with van der Waals surface area (Å²) in [5, 5.41) is 7.35. The van der Waals surface area contributed by atoms with Crippen LogP contribution >= 0.6 is 11.6 Å². The molecule has 1 fully saturated rings. The third kappa shape index (κ3) is 4.88. The number of benzene rings is 2. The Morgan fingerprint density at radius 3 is 2.30 bits per heavy atom. The van der Waals surface area contributed by atoms with E-state index in [4.69, 9.17) is 16.7 Å². The molecule has 1 atom stereocenters. The van der Waals surface area contributed by atoms with Crippen LogP contribution in [0.25, 0.3) is 0 Å². The molecule has 4 rings (SSSR count). The van der Waals surface area contributed by atoms with Gasteiger partial charge in [0.2, 0.25) is 0 Å². The number of hydrogen-bond acceptors (Lipinski definition) is 5. The van der Waals surface area contributed by atoms with Gasteiger partial charge in [-0.1, -0.05) is 30.2 Å². The molecule has 0 aliphatic carbocycles. The lowest BCUT2D eigenvalue weighted by Gasteiger charge is -2.32. The molecule has 0 amide bonds. The van der Waals surface area contributed by atoms with Gasteiger partial charge in [0.1, 0.15) is 0 Å². The monoisotopic (exact) mass is 445 g/mol. The van der Waals surface area contributed by atoms with Crippen LogP contribution in [0, 0.1) is 0 Å². The summed E-state index contributed by atoms with van der Waals surface area (Å²) in [6.45, 7) is 4.79. The largest absolute Gasteiger partial charge is 0.300 e. The van der Waals surface area contributed by atoms with Crippen molar-refractivity contribution < 1.29 is 8.42 Å². The molecular formula is C23H28ClN3O2S. The zero-order valence-corrected chi connectivity index (χ0v) is 18.9. The Kier molecular flexibility index (Phi) is 6.46. The Hall–Kier alpha value is -1.89. The van der Waals surface area contributed by atoms with Gasteiger partial charge in [-0.15, -0.1) is 0 Å². The molecule has 0 spiro atoms. The van der Waals surface area contributed by atoms with E-state index >= 15 is 0 Å². The van der Waals surface area contributed by atoms with E-state index in [0.717, 1.165) is 55.9 Å². The summed E-state index contributed by atoms with van der Waals surface area (Å²) < 4.78 is 25.8. The number of hydrogen-bond donors (Lipinski definition) is 0. The number of anilines is 1. The van der Waals surface area contributed by atoms with Crippen LogP contribution in [0.2, 0.25) is 5.02 Å². The first kappa shape index (κ1) is 21.3. The fourth-order valence-corrected chi connectivity index (χ4v) is 5.91. The second-order valence-electron chi connectivity index (χ2n) is 8.15. The minimum atomic E-state index is -3.32. The van der Waals surface area contributed by atoms with Crippen molar-refractivity contribution in [2.24, 2.45) is 5.10 Å². The maximum atomic E-state index is 12.9. The molecule has 0 radical (unpaired) electrons. The van der Waals surface area contributed by atoms with E-state index in [0.29, 0.717) is 9.92 Å². The van der Waals surface area contributed by atoms with Gasteiger partial charge in [0, 0.05) is 24.0 Å². The highest BCUT2D eigenvalue weighted by Gasteiger charge is 2.24. The van der Waals surface area contributed by atoms with Crippen molar-refractivity contribution in [2.75, 3.05) is 30.4 Å². The van der Waals surface area contributed by atoms with Gasteiger partial charge in [0.25, 0.3) is 0 Å². The normalized spacial score (nSPS) is 19.0. The summed E-state index contributed by atoms with van der Waals surface area (Å²) in [5.41, 5.74) is 2.98. The first-order chi connectivity index (χ1) is 14.4. The molecule has 1 saturated heterocycles. The average molecular weight is 446 g/mol. The number of likely N-dealkylation sites (tertiary alicyclic amines) is 1. The Labute approximate surface area is 184 Å². The Morgan fingerprint density at radius 2 is 1.63 bits per heavy atom. The summed E-state index contributed by atoms with van der Waals surface area (Å²) in [4.78, 5) is 2.68. The molecule has 7 heteroatoms. The van der Waals surface area contributed by atoms with Gasteiger partial charge in [-0.05, 0) is 74.8 Å². The van der Waals surface area contributed by atoms with Crippen LogP contribution in [0.1, 0.15) is 38.2 Å². The average Bonchev–Trinajstić information content (AvgIpc) is 3.25. The fraction of sp³-hybridized carbons (Fsp3) is 0.435. The number of piperidine rings is 1. The minimum Gasteiger partial charge on any atom is -0.300 e. The second kappa shape index (κ2) is 9.08. The minimum absolute atomic E-state index is 0.0418. The smallest absolute Gasteiger partial charge is 0.179 e. The maximum Gasteiger partial charge on any atom is 0.179 e. The van der Waals surface area contributed by atoms with Crippen LogP contribution in [0.15, 0.2) is 58.5 Å². The summed E-state index contributed by atoms with van der Waals surface area (Å²) in [7, 11) is -3.32. The summed E-state index contributed by atoms with van der Waals surface area (Å²) >= 11 is 5.97. The zero-order chi connectivity index (χ0) is 21.1. The Morgan fingerprint density at radius 1 is 0.967 bits per heavy atom. The predicted molar refractivity (Wildman–Crippen MR) is 123 cm³/mol. The third-order valence-electron chi connectivity index (χ3n) is 5.95. The van der Waals surface area contributed by atoms with E-state index in [1.807, 2.05) is 48.3 Å². The predicted octanol–water partition coefficient (Wildman–Crippen LogP) is 4.60. The van der Waals surface area contributed by atoms with Crippen LogP contribution in [0.5, 0.6) is 0 Å². The van der Waals surface area contributed by atoms with E-state index in [9.17, 15) is 8.42 Å². The quantitative estimate of drug-likeness (QED) is 0.651. The van der Waals surface area contributed by atoms with Gasteiger partial charge < -0.3 is 0 Å².